The number of rotatable bonds is 4. The maximum atomic E-state index is 10.2. The minimum absolute atomic E-state index is 0.482. The lowest BCUT2D eigenvalue weighted by Gasteiger charge is -2.07. The van der Waals surface area contributed by atoms with Crippen LogP contribution >= 0.6 is 34.3 Å². The molecule has 17 heavy (non-hydrogen) atoms. The van der Waals surface area contributed by atoms with Crippen molar-refractivity contribution in [3.63, 3.8) is 0 Å². The number of aliphatic hydroxyl groups excluding tert-OH is 1. The molecule has 0 saturated heterocycles. The molecule has 0 aromatic carbocycles. The van der Waals surface area contributed by atoms with Crippen molar-refractivity contribution in [3.05, 3.63) is 42.7 Å². The summed E-state index contributed by atoms with van der Waals surface area (Å²) in [5.41, 5.74) is 1.05. The Morgan fingerprint density at radius 3 is 2.59 bits per heavy atom. The fourth-order valence-corrected chi connectivity index (χ4v) is 3.98. The van der Waals surface area contributed by atoms with Gasteiger partial charge in [-0.25, -0.2) is 0 Å². The summed E-state index contributed by atoms with van der Waals surface area (Å²) in [7, 11) is 0. The summed E-state index contributed by atoms with van der Waals surface area (Å²) >= 11 is 9.47. The van der Waals surface area contributed by atoms with Gasteiger partial charge in [0.15, 0.2) is 0 Å². The Bertz CT molecular complexity index is 501. The van der Waals surface area contributed by atoms with Gasteiger partial charge in [-0.3, -0.25) is 0 Å². The first kappa shape index (κ1) is 13.1. The molecule has 0 saturated carbocycles. The van der Waals surface area contributed by atoms with E-state index in [1.807, 2.05) is 12.3 Å². The zero-order chi connectivity index (χ0) is 12.4. The molecule has 1 N–H and O–H groups in total. The molecule has 2 heterocycles. The quantitative estimate of drug-likeness (QED) is 0.870. The highest BCUT2D eigenvalue weighted by molar-refractivity contribution is 7.12. The molecule has 92 valence electrons. The molecule has 2 rings (SSSR count). The SMILES string of the molecule is CCc1ccc(CC(O)c2scc(C)c2Cl)s1. The molecule has 0 bridgehead atoms. The van der Waals surface area contributed by atoms with Gasteiger partial charge in [-0.05, 0) is 36.4 Å². The standard InChI is InChI=1S/C13H15ClOS2/c1-3-9-4-5-10(17-9)6-11(15)13-12(14)8(2)7-16-13/h4-5,7,11,15H,3,6H2,1-2H3. The highest BCUT2D eigenvalue weighted by atomic mass is 35.5. The maximum absolute atomic E-state index is 10.2. The zero-order valence-corrected chi connectivity index (χ0v) is 12.3. The Labute approximate surface area is 115 Å². The van der Waals surface area contributed by atoms with Crippen LogP contribution in [0.1, 0.15) is 33.2 Å². The van der Waals surface area contributed by atoms with Crippen LogP contribution in [-0.4, -0.2) is 5.11 Å². The van der Waals surface area contributed by atoms with Crippen LogP contribution in [0.15, 0.2) is 17.5 Å². The largest absolute Gasteiger partial charge is 0.387 e. The van der Waals surface area contributed by atoms with Gasteiger partial charge in [0.05, 0.1) is 16.0 Å². The predicted molar refractivity (Wildman–Crippen MR) is 76.4 cm³/mol. The first-order valence-corrected chi connectivity index (χ1v) is 7.68. The molecule has 0 aliphatic rings. The molecule has 1 nitrogen and oxygen atoms in total. The Balaban J connectivity index is 2.11. The highest BCUT2D eigenvalue weighted by Crippen LogP contribution is 2.34. The van der Waals surface area contributed by atoms with Gasteiger partial charge in [-0.1, -0.05) is 18.5 Å². The summed E-state index contributed by atoms with van der Waals surface area (Å²) in [6.07, 6.45) is 1.23. The Hall–Kier alpha value is -0.350. The van der Waals surface area contributed by atoms with Gasteiger partial charge in [0.2, 0.25) is 0 Å². The van der Waals surface area contributed by atoms with Crippen molar-refractivity contribution >= 4 is 34.3 Å². The van der Waals surface area contributed by atoms with Crippen LogP contribution in [0.2, 0.25) is 5.02 Å². The molecule has 0 fully saturated rings. The van der Waals surface area contributed by atoms with Gasteiger partial charge >= 0.3 is 0 Å². The van der Waals surface area contributed by atoms with Gasteiger partial charge in [-0.15, -0.1) is 22.7 Å². The molecule has 0 aliphatic carbocycles. The van der Waals surface area contributed by atoms with E-state index in [0.717, 1.165) is 21.9 Å². The first-order valence-electron chi connectivity index (χ1n) is 5.61. The van der Waals surface area contributed by atoms with Crippen LogP contribution in [0.3, 0.4) is 0 Å². The third kappa shape index (κ3) is 2.91. The smallest absolute Gasteiger partial charge is 0.0945 e. The minimum Gasteiger partial charge on any atom is -0.387 e. The van der Waals surface area contributed by atoms with E-state index in [1.54, 1.807) is 11.3 Å². The third-order valence-electron chi connectivity index (χ3n) is 2.69. The lowest BCUT2D eigenvalue weighted by atomic mass is 10.2. The summed E-state index contributed by atoms with van der Waals surface area (Å²) in [5.74, 6) is 0. The predicted octanol–water partition coefficient (Wildman–Crippen LogP) is 4.61. The molecule has 1 unspecified atom stereocenters. The fraction of sp³-hybridized carbons (Fsp3) is 0.385. The normalized spacial score (nSPS) is 12.9. The second-order valence-electron chi connectivity index (χ2n) is 4.04. The molecule has 2 aromatic heterocycles. The summed E-state index contributed by atoms with van der Waals surface area (Å²) in [5, 5.41) is 12.9. The van der Waals surface area contributed by atoms with E-state index in [0.29, 0.717) is 6.42 Å². The number of hydrogen-bond acceptors (Lipinski definition) is 3. The molecular formula is C13H15ClOS2. The highest BCUT2D eigenvalue weighted by Gasteiger charge is 2.16. The average molecular weight is 287 g/mol. The van der Waals surface area contributed by atoms with Gasteiger partial charge in [0.1, 0.15) is 0 Å². The van der Waals surface area contributed by atoms with Gasteiger partial charge in [0.25, 0.3) is 0 Å². The molecule has 4 heteroatoms. The summed E-state index contributed by atoms with van der Waals surface area (Å²) in [4.78, 5) is 3.47. The van der Waals surface area contributed by atoms with Crippen molar-refractivity contribution < 1.29 is 5.11 Å². The van der Waals surface area contributed by atoms with Crippen molar-refractivity contribution in [2.45, 2.75) is 32.8 Å². The van der Waals surface area contributed by atoms with Crippen molar-refractivity contribution in [2.75, 3.05) is 0 Å². The van der Waals surface area contributed by atoms with Crippen LogP contribution in [0, 0.1) is 6.92 Å². The topological polar surface area (TPSA) is 20.2 Å². The van der Waals surface area contributed by atoms with E-state index in [2.05, 4.69) is 19.1 Å². The molecule has 0 spiro atoms. The van der Waals surface area contributed by atoms with Gasteiger partial charge < -0.3 is 5.11 Å². The van der Waals surface area contributed by atoms with E-state index in [4.69, 9.17) is 11.6 Å². The second kappa shape index (κ2) is 5.53. The summed E-state index contributed by atoms with van der Waals surface area (Å²) in [6.45, 7) is 4.11. The van der Waals surface area contributed by atoms with Crippen LogP contribution in [0.5, 0.6) is 0 Å². The van der Waals surface area contributed by atoms with Crippen LogP contribution in [0.25, 0.3) is 0 Å². The van der Waals surface area contributed by atoms with E-state index in [-0.39, 0.29) is 0 Å². The average Bonchev–Trinajstić information content (AvgIpc) is 2.88. The lowest BCUT2D eigenvalue weighted by Crippen LogP contribution is -1.98. The maximum Gasteiger partial charge on any atom is 0.0945 e. The number of aryl methyl sites for hydroxylation is 2. The van der Waals surface area contributed by atoms with Crippen molar-refractivity contribution in [2.24, 2.45) is 0 Å². The van der Waals surface area contributed by atoms with Crippen molar-refractivity contribution in [3.8, 4) is 0 Å². The number of aliphatic hydroxyl groups is 1. The van der Waals surface area contributed by atoms with E-state index < -0.39 is 6.10 Å². The Morgan fingerprint density at radius 1 is 1.35 bits per heavy atom. The zero-order valence-electron chi connectivity index (χ0n) is 9.87. The molecule has 0 aliphatic heterocycles. The Morgan fingerprint density at radius 2 is 2.06 bits per heavy atom. The molecule has 0 radical (unpaired) electrons. The van der Waals surface area contributed by atoms with E-state index >= 15 is 0 Å². The molecule has 2 aromatic rings. The van der Waals surface area contributed by atoms with Crippen molar-refractivity contribution in [1.82, 2.24) is 0 Å². The van der Waals surface area contributed by atoms with Crippen LogP contribution in [0.4, 0.5) is 0 Å². The summed E-state index contributed by atoms with van der Waals surface area (Å²) in [6, 6.07) is 4.23. The third-order valence-corrected chi connectivity index (χ3v) is 5.76. The van der Waals surface area contributed by atoms with Gasteiger partial charge in [-0.2, -0.15) is 0 Å². The number of halogens is 1. The Kier molecular flexibility index (Phi) is 4.26. The summed E-state index contributed by atoms with van der Waals surface area (Å²) < 4.78 is 0. The van der Waals surface area contributed by atoms with E-state index in [9.17, 15) is 5.11 Å². The van der Waals surface area contributed by atoms with Crippen LogP contribution in [-0.2, 0) is 12.8 Å². The fourth-order valence-electron chi connectivity index (χ4n) is 1.68. The first-order chi connectivity index (χ1) is 8.11. The molecular weight excluding hydrogens is 272 g/mol. The number of hydrogen-bond donors (Lipinski definition) is 1. The minimum atomic E-state index is -0.482. The monoisotopic (exact) mass is 286 g/mol. The van der Waals surface area contributed by atoms with Crippen molar-refractivity contribution in [1.29, 1.82) is 0 Å². The lowest BCUT2D eigenvalue weighted by molar-refractivity contribution is 0.183. The van der Waals surface area contributed by atoms with Gasteiger partial charge in [0, 0.05) is 16.2 Å². The molecule has 0 amide bonds. The number of thiophene rings is 2. The second-order valence-corrected chi connectivity index (χ2v) is 6.58. The van der Waals surface area contributed by atoms with Crippen LogP contribution < -0.4 is 0 Å². The van der Waals surface area contributed by atoms with E-state index in [1.165, 1.54) is 21.1 Å². The molecule has 1 atom stereocenters.